The Labute approximate surface area is 69.3 Å². The Kier molecular flexibility index (Phi) is 2.55. The van der Waals surface area contributed by atoms with E-state index in [0.29, 0.717) is 11.8 Å². The fraction of sp³-hybridized carbons (Fsp3) is 1.00. The van der Waals surface area contributed by atoms with Crippen LogP contribution in [0.4, 0.5) is 0 Å². The number of rotatable bonds is 2. The Hall–Kier alpha value is -0.0800. The quantitative estimate of drug-likeness (QED) is 0.657. The molecular weight excluding hydrogens is 138 g/mol. The van der Waals surface area contributed by atoms with Crippen LogP contribution in [0.3, 0.4) is 0 Å². The van der Waals surface area contributed by atoms with Gasteiger partial charge in [-0.15, -0.1) is 0 Å². The maximum atomic E-state index is 5.37. The molecule has 0 amide bonds. The van der Waals surface area contributed by atoms with E-state index in [0.717, 1.165) is 13.3 Å². The van der Waals surface area contributed by atoms with Crippen LogP contribution in [0.5, 0.6) is 0 Å². The zero-order valence-corrected chi connectivity index (χ0v) is 7.98. The van der Waals surface area contributed by atoms with Gasteiger partial charge in [-0.05, 0) is 11.8 Å². The van der Waals surface area contributed by atoms with Crippen LogP contribution in [0.15, 0.2) is 0 Å². The number of hydrogen-bond acceptors (Lipinski definition) is 2. The SMILES string of the molecule is CC(C)C1(C(C)C)COCN1. The van der Waals surface area contributed by atoms with Gasteiger partial charge in [0, 0.05) is 5.54 Å². The molecule has 1 heterocycles. The van der Waals surface area contributed by atoms with E-state index in [1.54, 1.807) is 0 Å². The smallest absolute Gasteiger partial charge is 0.0971 e. The molecule has 0 aromatic carbocycles. The van der Waals surface area contributed by atoms with Crippen molar-refractivity contribution in [1.82, 2.24) is 5.32 Å². The predicted octanol–water partition coefficient (Wildman–Crippen LogP) is 1.61. The highest BCUT2D eigenvalue weighted by Crippen LogP contribution is 2.29. The molecule has 0 atom stereocenters. The topological polar surface area (TPSA) is 21.3 Å². The molecule has 2 heteroatoms. The van der Waals surface area contributed by atoms with Crippen LogP contribution in [0.2, 0.25) is 0 Å². The van der Waals surface area contributed by atoms with Gasteiger partial charge in [-0.2, -0.15) is 0 Å². The summed E-state index contributed by atoms with van der Waals surface area (Å²) in [5.74, 6) is 1.29. The van der Waals surface area contributed by atoms with Gasteiger partial charge in [-0.3, -0.25) is 5.32 Å². The van der Waals surface area contributed by atoms with Crippen molar-refractivity contribution in [3.05, 3.63) is 0 Å². The summed E-state index contributed by atoms with van der Waals surface area (Å²) in [5.41, 5.74) is 0.222. The Morgan fingerprint density at radius 3 is 1.91 bits per heavy atom. The van der Waals surface area contributed by atoms with Crippen molar-refractivity contribution in [2.75, 3.05) is 13.3 Å². The van der Waals surface area contributed by atoms with Crippen molar-refractivity contribution in [2.24, 2.45) is 11.8 Å². The molecule has 66 valence electrons. The average Bonchev–Trinajstić information content (AvgIpc) is 2.34. The third kappa shape index (κ3) is 1.42. The van der Waals surface area contributed by atoms with Crippen molar-refractivity contribution >= 4 is 0 Å². The van der Waals surface area contributed by atoms with Crippen LogP contribution < -0.4 is 5.32 Å². The third-order valence-electron chi connectivity index (χ3n) is 2.90. The molecule has 0 bridgehead atoms. The van der Waals surface area contributed by atoms with Gasteiger partial charge in [0.25, 0.3) is 0 Å². The van der Waals surface area contributed by atoms with E-state index in [1.807, 2.05) is 0 Å². The summed E-state index contributed by atoms with van der Waals surface area (Å²) >= 11 is 0. The normalized spacial score (nSPS) is 23.5. The third-order valence-corrected chi connectivity index (χ3v) is 2.90. The monoisotopic (exact) mass is 157 g/mol. The second kappa shape index (κ2) is 3.11. The van der Waals surface area contributed by atoms with Crippen molar-refractivity contribution in [3.8, 4) is 0 Å². The van der Waals surface area contributed by atoms with E-state index >= 15 is 0 Å². The molecule has 1 N–H and O–H groups in total. The molecule has 1 rings (SSSR count). The lowest BCUT2D eigenvalue weighted by atomic mass is 9.78. The molecule has 0 saturated carbocycles. The first-order valence-corrected chi connectivity index (χ1v) is 4.42. The first kappa shape index (κ1) is 9.01. The molecule has 0 aromatic rings. The molecule has 1 saturated heterocycles. The maximum Gasteiger partial charge on any atom is 0.0971 e. The Bertz CT molecular complexity index is 116. The lowest BCUT2D eigenvalue weighted by Crippen LogP contribution is -2.51. The summed E-state index contributed by atoms with van der Waals surface area (Å²) in [4.78, 5) is 0. The average molecular weight is 157 g/mol. The fourth-order valence-corrected chi connectivity index (χ4v) is 1.86. The summed E-state index contributed by atoms with van der Waals surface area (Å²) in [6, 6.07) is 0. The van der Waals surface area contributed by atoms with Gasteiger partial charge < -0.3 is 4.74 Å². The molecule has 1 fully saturated rings. The van der Waals surface area contributed by atoms with Gasteiger partial charge in [0.05, 0.1) is 13.3 Å². The van der Waals surface area contributed by atoms with Crippen molar-refractivity contribution < 1.29 is 4.74 Å². The highest BCUT2D eigenvalue weighted by atomic mass is 16.5. The highest BCUT2D eigenvalue weighted by molar-refractivity contribution is 4.95. The number of nitrogens with one attached hydrogen (secondary N) is 1. The van der Waals surface area contributed by atoms with Gasteiger partial charge in [0.15, 0.2) is 0 Å². The van der Waals surface area contributed by atoms with Crippen LogP contribution in [-0.4, -0.2) is 18.9 Å². The fourth-order valence-electron chi connectivity index (χ4n) is 1.86. The Balaban J connectivity index is 2.70. The van der Waals surface area contributed by atoms with Crippen molar-refractivity contribution in [3.63, 3.8) is 0 Å². The second-order valence-electron chi connectivity index (χ2n) is 4.02. The maximum absolute atomic E-state index is 5.37. The summed E-state index contributed by atoms with van der Waals surface area (Å²) in [6.45, 7) is 10.6. The van der Waals surface area contributed by atoms with E-state index in [2.05, 4.69) is 33.0 Å². The molecule has 1 aliphatic heterocycles. The molecule has 0 spiro atoms. The largest absolute Gasteiger partial charge is 0.364 e. The first-order chi connectivity index (χ1) is 5.09. The molecule has 1 aliphatic rings. The molecule has 0 unspecified atom stereocenters. The van der Waals surface area contributed by atoms with E-state index in [1.165, 1.54) is 0 Å². The lowest BCUT2D eigenvalue weighted by Gasteiger charge is -2.36. The molecule has 2 nitrogen and oxygen atoms in total. The van der Waals surface area contributed by atoms with Crippen LogP contribution in [0.25, 0.3) is 0 Å². The zero-order chi connectivity index (χ0) is 8.48. The Morgan fingerprint density at radius 1 is 1.18 bits per heavy atom. The van der Waals surface area contributed by atoms with E-state index in [4.69, 9.17) is 4.74 Å². The molecule has 0 radical (unpaired) electrons. The minimum Gasteiger partial charge on any atom is -0.364 e. The highest BCUT2D eigenvalue weighted by Gasteiger charge is 2.40. The minimum absolute atomic E-state index is 0.222. The summed E-state index contributed by atoms with van der Waals surface area (Å²) in [7, 11) is 0. The van der Waals surface area contributed by atoms with Gasteiger partial charge in [0.1, 0.15) is 0 Å². The molecule has 0 aliphatic carbocycles. The summed E-state index contributed by atoms with van der Waals surface area (Å²) < 4.78 is 5.37. The zero-order valence-electron chi connectivity index (χ0n) is 7.98. The molecule has 0 aromatic heterocycles. The number of ether oxygens (including phenoxy) is 1. The Morgan fingerprint density at radius 2 is 1.73 bits per heavy atom. The van der Waals surface area contributed by atoms with Crippen LogP contribution in [-0.2, 0) is 4.74 Å². The van der Waals surface area contributed by atoms with Gasteiger partial charge in [-0.1, -0.05) is 27.7 Å². The van der Waals surface area contributed by atoms with Crippen LogP contribution in [0.1, 0.15) is 27.7 Å². The van der Waals surface area contributed by atoms with Crippen molar-refractivity contribution in [2.45, 2.75) is 33.2 Å². The molecular formula is C9H19NO. The van der Waals surface area contributed by atoms with Gasteiger partial charge in [-0.25, -0.2) is 0 Å². The van der Waals surface area contributed by atoms with E-state index < -0.39 is 0 Å². The van der Waals surface area contributed by atoms with Gasteiger partial charge >= 0.3 is 0 Å². The summed E-state index contributed by atoms with van der Waals surface area (Å²) in [5, 5.41) is 3.45. The van der Waals surface area contributed by atoms with E-state index in [9.17, 15) is 0 Å². The standard InChI is InChI=1S/C9H19NO/c1-7(2)9(8(3)4)5-11-6-10-9/h7-8,10H,5-6H2,1-4H3. The first-order valence-electron chi connectivity index (χ1n) is 4.42. The second-order valence-corrected chi connectivity index (χ2v) is 4.02. The lowest BCUT2D eigenvalue weighted by molar-refractivity contribution is 0.136. The van der Waals surface area contributed by atoms with Crippen molar-refractivity contribution in [1.29, 1.82) is 0 Å². The molecule has 11 heavy (non-hydrogen) atoms. The van der Waals surface area contributed by atoms with Crippen LogP contribution in [0, 0.1) is 11.8 Å². The van der Waals surface area contributed by atoms with Gasteiger partial charge in [0.2, 0.25) is 0 Å². The minimum atomic E-state index is 0.222. The summed E-state index contributed by atoms with van der Waals surface area (Å²) in [6.07, 6.45) is 0. The number of hydrogen-bond donors (Lipinski definition) is 1. The predicted molar refractivity (Wildman–Crippen MR) is 46.4 cm³/mol. The van der Waals surface area contributed by atoms with Crippen LogP contribution >= 0.6 is 0 Å². The van der Waals surface area contributed by atoms with E-state index in [-0.39, 0.29) is 5.54 Å².